The third-order valence-electron chi connectivity index (χ3n) is 7.44. The molecule has 1 saturated carbocycles. The highest BCUT2D eigenvalue weighted by Crippen LogP contribution is 2.37. The monoisotopic (exact) mass is 392 g/mol. The van der Waals surface area contributed by atoms with E-state index >= 15 is 0 Å². The second-order valence-corrected chi connectivity index (χ2v) is 9.42. The van der Waals surface area contributed by atoms with E-state index in [4.69, 9.17) is 4.74 Å². The Morgan fingerprint density at radius 3 is 2.71 bits per heavy atom. The maximum absolute atomic E-state index is 10.9. The molecule has 4 unspecified atom stereocenters. The number of rotatable bonds is 5. The second-order valence-electron chi connectivity index (χ2n) is 9.42. The predicted molar refractivity (Wildman–Crippen MR) is 108 cm³/mol. The van der Waals surface area contributed by atoms with E-state index in [-0.39, 0.29) is 4.92 Å². The first-order valence-electron chi connectivity index (χ1n) is 11.2. The van der Waals surface area contributed by atoms with Gasteiger partial charge in [-0.2, -0.15) is 0 Å². The molecular weight excluding hydrogens is 356 g/mol. The van der Waals surface area contributed by atoms with Crippen LogP contribution in [0.1, 0.15) is 44.9 Å². The van der Waals surface area contributed by atoms with E-state index in [1.54, 1.807) is 0 Å². The number of hydrogen-bond acceptors (Lipinski definition) is 6. The van der Waals surface area contributed by atoms with Gasteiger partial charge in [-0.3, -0.25) is 10.1 Å². The van der Waals surface area contributed by atoms with Crippen LogP contribution in [-0.4, -0.2) is 73.2 Å². The van der Waals surface area contributed by atoms with Crippen LogP contribution >= 0.6 is 0 Å². The number of piperidine rings is 2. The average molecular weight is 393 g/mol. The summed E-state index contributed by atoms with van der Waals surface area (Å²) < 4.78 is 6.39. The molecule has 0 aromatic heterocycles. The number of nitrogens with zero attached hydrogens (tertiary/aromatic N) is 3. The van der Waals surface area contributed by atoms with Gasteiger partial charge in [-0.15, -0.1) is 0 Å². The van der Waals surface area contributed by atoms with Gasteiger partial charge in [0.2, 0.25) is 6.04 Å². The lowest BCUT2D eigenvalue weighted by atomic mass is 9.74. The molecule has 3 aliphatic heterocycles. The van der Waals surface area contributed by atoms with Gasteiger partial charge in [-0.25, -0.2) is 0 Å². The average Bonchev–Trinajstić information content (AvgIpc) is 2.72. The standard InChI is InChI=1S/C21H36N4O3/c1-23-9-8-17-2-4-20(12-18(17)14-23)28-15-16-6-10-24(11-7-16)21-5-3-19(13-22-21)25(26)27/h5,16-20,22H,2-4,6-15H2,1H3. The third kappa shape index (κ3) is 4.79. The Hall–Kier alpha value is -1.34. The summed E-state index contributed by atoms with van der Waals surface area (Å²) in [5.41, 5.74) is 0. The van der Waals surface area contributed by atoms with Crippen molar-refractivity contribution in [1.82, 2.24) is 15.1 Å². The molecule has 0 amide bonds. The minimum absolute atomic E-state index is 0.178. The molecule has 0 radical (unpaired) electrons. The molecule has 7 heteroatoms. The lowest BCUT2D eigenvalue weighted by molar-refractivity contribution is -0.520. The van der Waals surface area contributed by atoms with Gasteiger partial charge in [-0.05, 0) is 75.9 Å². The lowest BCUT2D eigenvalue weighted by Crippen LogP contribution is -2.45. The summed E-state index contributed by atoms with van der Waals surface area (Å²) in [6.45, 7) is 5.92. The fraction of sp³-hybridized carbons (Fsp3) is 0.905. The first kappa shape index (κ1) is 20.0. The largest absolute Gasteiger partial charge is 0.378 e. The number of fused-ring (bicyclic) bond motifs is 1. The van der Waals surface area contributed by atoms with Gasteiger partial charge in [0.25, 0.3) is 0 Å². The number of nitro groups is 1. The van der Waals surface area contributed by atoms with Crippen LogP contribution in [0, 0.1) is 27.9 Å². The number of nitrogens with one attached hydrogen (secondary N) is 1. The molecule has 4 atom stereocenters. The molecule has 1 aliphatic carbocycles. The van der Waals surface area contributed by atoms with Crippen LogP contribution in [0.15, 0.2) is 11.9 Å². The van der Waals surface area contributed by atoms with Gasteiger partial charge >= 0.3 is 0 Å². The van der Waals surface area contributed by atoms with Gasteiger partial charge < -0.3 is 19.9 Å². The maximum atomic E-state index is 10.9. The molecule has 28 heavy (non-hydrogen) atoms. The van der Waals surface area contributed by atoms with Crippen molar-refractivity contribution in [3.05, 3.63) is 22.0 Å². The Morgan fingerprint density at radius 2 is 2.00 bits per heavy atom. The lowest BCUT2D eigenvalue weighted by Gasteiger charge is -2.43. The van der Waals surface area contributed by atoms with Crippen LogP contribution in [0.5, 0.6) is 0 Å². The molecule has 3 heterocycles. The number of ether oxygens (including phenoxy) is 1. The van der Waals surface area contributed by atoms with Gasteiger partial charge in [-0.1, -0.05) is 0 Å². The van der Waals surface area contributed by atoms with Crippen LogP contribution in [0.3, 0.4) is 0 Å². The molecule has 2 saturated heterocycles. The maximum Gasteiger partial charge on any atom is 0.233 e. The molecule has 0 spiro atoms. The Kier molecular flexibility index (Phi) is 6.41. The molecule has 7 nitrogen and oxygen atoms in total. The summed E-state index contributed by atoms with van der Waals surface area (Å²) in [6.07, 6.45) is 10.5. The quantitative estimate of drug-likeness (QED) is 0.572. The van der Waals surface area contributed by atoms with E-state index in [2.05, 4.69) is 22.2 Å². The molecular formula is C21H36N4O3. The van der Waals surface area contributed by atoms with Crippen molar-refractivity contribution in [2.24, 2.45) is 17.8 Å². The SMILES string of the molecule is CN1CCC2CCC(OCC3CCN(C4=CCC([N+](=O)[O-])CN4)CC3)CC2C1. The summed E-state index contributed by atoms with van der Waals surface area (Å²) >= 11 is 0. The van der Waals surface area contributed by atoms with E-state index in [0.717, 1.165) is 50.2 Å². The highest BCUT2D eigenvalue weighted by atomic mass is 16.6. The molecule has 0 bridgehead atoms. The fourth-order valence-electron chi connectivity index (χ4n) is 5.56. The van der Waals surface area contributed by atoms with Gasteiger partial charge in [0.1, 0.15) is 0 Å². The van der Waals surface area contributed by atoms with Crippen LogP contribution in [-0.2, 0) is 4.74 Å². The first-order chi connectivity index (χ1) is 13.6. The molecule has 0 aromatic carbocycles. The summed E-state index contributed by atoms with van der Waals surface area (Å²) in [7, 11) is 2.25. The Balaban J connectivity index is 1.17. The minimum Gasteiger partial charge on any atom is -0.378 e. The van der Waals surface area contributed by atoms with E-state index in [9.17, 15) is 10.1 Å². The Labute approximate surface area is 168 Å². The third-order valence-corrected chi connectivity index (χ3v) is 7.44. The molecule has 1 N–H and O–H groups in total. The van der Waals surface area contributed by atoms with Gasteiger partial charge in [0.05, 0.1) is 18.5 Å². The smallest absolute Gasteiger partial charge is 0.233 e. The predicted octanol–water partition coefficient (Wildman–Crippen LogP) is 2.32. The molecule has 0 aromatic rings. The highest BCUT2D eigenvalue weighted by molar-refractivity contribution is 5.05. The summed E-state index contributed by atoms with van der Waals surface area (Å²) in [6, 6.07) is -0.478. The number of hydrogen-bond donors (Lipinski definition) is 1. The van der Waals surface area contributed by atoms with E-state index in [1.807, 2.05) is 6.08 Å². The Morgan fingerprint density at radius 1 is 1.18 bits per heavy atom. The first-order valence-corrected chi connectivity index (χ1v) is 11.2. The summed E-state index contributed by atoms with van der Waals surface area (Å²) in [5.74, 6) is 3.52. The molecule has 4 aliphatic rings. The zero-order valence-corrected chi connectivity index (χ0v) is 17.2. The van der Waals surface area contributed by atoms with Crippen molar-refractivity contribution in [2.75, 3.05) is 46.4 Å². The highest BCUT2D eigenvalue weighted by Gasteiger charge is 2.35. The van der Waals surface area contributed by atoms with Crippen molar-refractivity contribution in [2.45, 2.75) is 57.1 Å². The van der Waals surface area contributed by atoms with E-state index in [0.29, 0.717) is 25.0 Å². The fourth-order valence-corrected chi connectivity index (χ4v) is 5.56. The van der Waals surface area contributed by atoms with Crippen molar-refractivity contribution < 1.29 is 9.66 Å². The molecule has 158 valence electrons. The van der Waals surface area contributed by atoms with Gasteiger partial charge in [0, 0.05) is 37.6 Å². The zero-order chi connectivity index (χ0) is 19.5. The van der Waals surface area contributed by atoms with Crippen LogP contribution < -0.4 is 5.32 Å². The van der Waals surface area contributed by atoms with Crippen molar-refractivity contribution in [3.8, 4) is 0 Å². The molecule has 3 fully saturated rings. The van der Waals surface area contributed by atoms with Crippen molar-refractivity contribution >= 4 is 0 Å². The van der Waals surface area contributed by atoms with Crippen LogP contribution in [0.25, 0.3) is 0 Å². The minimum atomic E-state index is -0.478. The van der Waals surface area contributed by atoms with E-state index < -0.39 is 6.04 Å². The summed E-state index contributed by atoms with van der Waals surface area (Å²) in [5, 5.41) is 14.1. The normalized spacial score (nSPS) is 35.0. The second kappa shape index (κ2) is 8.99. The van der Waals surface area contributed by atoms with Crippen molar-refractivity contribution in [3.63, 3.8) is 0 Å². The zero-order valence-electron chi connectivity index (χ0n) is 17.2. The van der Waals surface area contributed by atoms with E-state index in [1.165, 1.54) is 38.8 Å². The van der Waals surface area contributed by atoms with Gasteiger partial charge in [0.15, 0.2) is 0 Å². The Bertz CT molecular complexity index is 576. The number of likely N-dealkylation sites (tertiary alicyclic amines) is 2. The topological polar surface area (TPSA) is 70.9 Å². The van der Waals surface area contributed by atoms with Crippen LogP contribution in [0.2, 0.25) is 0 Å². The van der Waals surface area contributed by atoms with Crippen molar-refractivity contribution in [1.29, 1.82) is 0 Å². The summed E-state index contributed by atoms with van der Waals surface area (Å²) in [4.78, 5) is 15.5. The van der Waals surface area contributed by atoms with Crippen LogP contribution in [0.4, 0.5) is 0 Å². The molecule has 4 rings (SSSR count).